The van der Waals surface area contributed by atoms with Crippen molar-refractivity contribution in [2.45, 2.75) is 25.4 Å². The molecule has 14 heteroatoms. The fourth-order valence-corrected chi connectivity index (χ4v) is 2.76. The average molecular weight is 479 g/mol. The monoisotopic (exact) mass is 478 g/mol. The molecule has 1 aromatic carbocycles. The summed E-state index contributed by atoms with van der Waals surface area (Å²) in [6.07, 6.45) is 1.02. The van der Waals surface area contributed by atoms with E-state index < -0.39 is 29.4 Å². The number of nitrogens with one attached hydrogen (secondary N) is 4. The predicted molar refractivity (Wildman–Crippen MR) is 114 cm³/mol. The standard InChI is InChI=1S/C19H20N8O5.K/c20-13(28)6-5-12(18(31)32)25-16(29)9-1-3-10(4-2-9)22-7-11-8-23-15-14(24-11)17(30)27-19(21)26-15;/h1-4,8,12H,5-7H2,(H8,20,21,22,23,25,26,27,28,29,30,31,32);/q;+1/p-1. The number of carboxylic acids is 1. The van der Waals surface area contributed by atoms with Crippen LogP contribution in [0.15, 0.2) is 35.3 Å². The van der Waals surface area contributed by atoms with Gasteiger partial charge in [-0.15, -0.1) is 0 Å². The Morgan fingerprint density at radius 3 is 2.52 bits per heavy atom. The number of rotatable bonds is 9. The van der Waals surface area contributed by atoms with Crippen LogP contribution in [0, 0.1) is 0 Å². The quantitative estimate of drug-likeness (QED) is 0.203. The number of anilines is 2. The van der Waals surface area contributed by atoms with Crippen LogP contribution >= 0.6 is 0 Å². The maximum atomic E-state index is 12.3. The summed E-state index contributed by atoms with van der Waals surface area (Å²) in [5, 5.41) is 14.6. The number of H-pyrrole nitrogens is 1. The van der Waals surface area contributed by atoms with Crippen molar-refractivity contribution >= 4 is 40.6 Å². The van der Waals surface area contributed by atoms with Gasteiger partial charge in [0.15, 0.2) is 11.2 Å². The van der Waals surface area contributed by atoms with E-state index in [0.29, 0.717) is 11.4 Å². The Morgan fingerprint density at radius 2 is 1.88 bits per heavy atom. The van der Waals surface area contributed by atoms with Gasteiger partial charge >= 0.3 is 57.4 Å². The first-order chi connectivity index (χ1) is 15.2. The Kier molecular flexibility index (Phi) is 9.42. The number of carbonyl (C=O) groups is 3. The third-order valence-electron chi connectivity index (χ3n) is 4.37. The van der Waals surface area contributed by atoms with Gasteiger partial charge in [0, 0.05) is 17.2 Å². The van der Waals surface area contributed by atoms with E-state index in [0.717, 1.165) is 0 Å². The van der Waals surface area contributed by atoms with Crippen LogP contribution in [0.3, 0.4) is 0 Å². The molecule has 0 spiro atoms. The first-order valence-electron chi connectivity index (χ1n) is 9.36. The molecule has 0 fully saturated rings. The van der Waals surface area contributed by atoms with Crippen LogP contribution in [0.1, 0.15) is 28.9 Å². The number of carbonyl (C=O) groups excluding carboxylic acids is 2. The van der Waals surface area contributed by atoms with Gasteiger partial charge in [-0.3, -0.25) is 14.6 Å². The molecule has 1 unspecified atom stereocenters. The van der Waals surface area contributed by atoms with E-state index in [1.165, 1.54) is 18.3 Å². The molecule has 7 N–H and O–H groups in total. The van der Waals surface area contributed by atoms with E-state index in [1.54, 1.807) is 12.1 Å². The summed E-state index contributed by atoms with van der Waals surface area (Å²) in [5.74, 6) is -2.85. The number of aromatic amines is 1. The van der Waals surface area contributed by atoms with Crippen molar-refractivity contribution in [2.24, 2.45) is 0 Å². The minimum absolute atomic E-state index is 0. The van der Waals surface area contributed by atoms with Crippen molar-refractivity contribution in [3.05, 3.63) is 57.8 Å². The molecule has 1 atom stereocenters. The number of carboxylic acid groups (broad SMARTS) is 1. The van der Waals surface area contributed by atoms with Crippen LogP contribution in [0.25, 0.3) is 16.9 Å². The van der Waals surface area contributed by atoms with E-state index in [2.05, 4.69) is 30.6 Å². The smallest absolute Gasteiger partial charge is 0.668 e. The Morgan fingerprint density at radius 1 is 1.18 bits per heavy atom. The van der Waals surface area contributed by atoms with Gasteiger partial charge in [-0.2, -0.15) is 4.98 Å². The summed E-state index contributed by atoms with van der Waals surface area (Å²) >= 11 is 0. The van der Waals surface area contributed by atoms with Crippen LogP contribution in [-0.2, 0) is 16.1 Å². The third-order valence-corrected chi connectivity index (χ3v) is 4.37. The first-order valence-corrected chi connectivity index (χ1v) is 9.36. The third kappa shape index (κ3) is 7.29. The van der Waals surface area contributed by atoms with Crippen LogP contribution in [-0.4, -0.2) is 48.9 Å². The Hall–Kier alpha value is -2.91. The minimum atomic E-state index is -1.29. The molecule has 0 saturated carbocycles. The number of amides is 2. The predicted octanol–water partition coefficient (Wildman–Crippen LogP) is -2.55. The summed E-state index contributed by atoms with van der Waals surface area (Å²) in [4.78, 5) is 60.7. The number of aromatic nitrogens is 4. The number of nitrogens with two attached hydrogens (primary N) is 1. The summed E-state index contributed by atoms with van der Waals surface area (Å²) in [6.45, 7) is 0.237. The van der Waals surface area contributed by atoms with Gasteiger partial charge in [0.2, 0.25) is 5.95 Å². The van der Waals surface area contributed by atoms with Gasteiger partial charge in [0.25, 0.3) is 11.5 Å². The van der Waals surface area contributed by atoms with E-state index in [-0.39, 0.29) is 93.4 Å². The number of nitrogens with zero attached hydrogens (tertiary/aromatic N) is 3. The van der Waals surface area contributed by atoms with Crippen molar-refractivity contribution in [3.8, 4) is 0 Å². The minimum Gasteiger partial charge on any atom is -0.668 e. The molecule has 13 nitrogen and oxygen atoms in total. The second kappa shape index (κ2) is 11.8. The van der Waals surface area contributed by atoms with E-state index >= 15 is 0 Å². The van der Waals surface area contributed by atoms with Crippen molar-refractivity contribution < 1.29 is 70.9 Å². The second-order valence-corrected chi connectivity index (χ2v) is 6.74. The Bertz CT molecular complexity index is 1230. The van der Waals surface area contributed by atoms with Crippen molar-refractivity contribution in [2.75, 3.05) is 11.1 Å². The van der Waals surface area contributed by atoms with Crippen molar-refractivity contribution in [1.82, 2.24) is 25.3 Å². The van der Waals surface area contributed by atoms with Gasteiger partial charge in [-0.25, -0.2) is 14.8 Å². The molecule has 0 aliphatic rings. The van der Waals surface area contributed by atoms with Gasteiger partial charge in [0.1, 0.15) is 6.04 Å². The number of benzene rings is 1. The normalized spacial score (nSPS) is 11.3. The fraction of sp³-hybridized carbons (Fsp3) is 0.211. The number of hydrogen-bond acceptors (Lipinski definition) is 9. The van der Waals surface area contributed by atoms with E-state index in [1.807, 2.05) is 0 Å². The molecule has 0 aliphatic heterocycles. The molecular weight excluding hydrogens is 459 g/mol. The molecular formula is C19H19KN8O5. The molecule has 2 aromatic heterocycles. The van der Waals surface area contributed by atoms with E-state index in [4.69, 9.17) is 16.6 Å². The average Bonchev–Trinajstić information content (AvgIpc) is 2.75. The Balaban J connectivity index is 0.00000385. The number of hydrogen-bond donors (Lipinski definition) is 5. The fourth-order valence-electron chi connectivity index (χ4n) is 2.76. The van der Waals surface area contributed by atoms with Crippen molar-refractivity contribution in [3.63, 3.8) is 0 Å². The zero-order valence-electron chi connectivity index (χ0n) is 17.6. The van der Waals surface area contributed by atoms with Crippen LogP contribution < -0.4 is 73.3 Å². The molecule has 0 aliphatic carbocycles. The van der Waals surface area contributed by atoms with E-state index in [9.17, 15) is 19.2 Å². The van der Waals surface area contributed by atoms with Crippen LogP contribution in [0.5, 0.6) is 0 Å². The SMILES string of the molecule is [K+].[NH-]C(=O)CCC(NC(=O)c1ccc(NCc2cnc3nc(N)[nH]c(=O)c3n2)cc1)C(=O)O. The molecule has 166 valence electrons. The number of nitrogen functional groups attached to an aromatic ring is 1. The molecule has 33 heavy (non-hydrogen) atoms. The van der Waals surface area contributed by atoms with Crippen molar-refractivity contribution in [1.29, 1.82) is 0 Å². The first kappa shape index (κ1) is 26.3. The zero-order chi connectivity index (χ0) is 23.3. The Labute approximate surface area is 229 Å². The van der Waals surface area contributed by atoms with Crippen LogP contribution in [0.4, 0.5) is 11.6 Å². The molecule has 3 rings (SSSR count). The maximum Gasteiger partial charge on any atom is 1.00 e. The summed E-state index contributed by atoms with van der Waals surface area (Å²) < 4.78 is 0. The molecule has 3 aromatic rings. The zero-order valence-corrected chi connectivity index (χ0v) is 20.7. The van der Waals surface area contributed by atoms with Gasteiger partial charge in [-0.05, 0) is 37.1 Å². The largest absolute Gasteiger partial charge is 1.00 e. The summed E-state index contributed by atoms with van der Waals surface area (Å²) in [6, 6.07) is 4.95. The summed E-state index contributed by atoms with van der Waals surface area (Å²) in [5.41, 5.74) is 13.4. The molecule has 0 bridgehead atoms. The topological polar surface area (TPSA) is 217 Å². The van der Waals surface area contributed by atoms with Crippen LogP contribution in [0.2, 0.25) is 0 Å². The van der Waals surface area contributed by atoms with Gasteiger partial charge < -0.3 is 32.0 Å². The number of aliphatic carboxylic acids is 1. The number of fused-ring (bicyclic) bond motifs is 1. The molecule has 0 radical (unpaired) electrons. The molecule has 2 heterocycles. The van der Waals surface area contributed by atoms with Gasteiger partial charge in [-0.1, -0.05) is 0 Å². The molecule has 2 amide bonds. The van der Waals surface area contributed by atoms with Gasteiger partial charge in [0.05, 0.1) is 18.4 Å². The summed E-state index contributed by atoms with van der Waals surface area (Å²) in [7, 11) is 0. The second-order valence-electron chi connectivity index (χ2n) is 6.74. The maximum absolute atomic E-state index is 12.3. The molecule has 0 saturated heterocycles.